The molecule has 52 heavy (non-hydrogen) atoms. The summed E-state index contributed by atoms with van der Waals surface area (Å²) in [5, 5.41) is 7.97. The van der Waals surface area contributed by atoms with E-state index in [-0.39, 0.29) is 55.0 Å². The third-order valence-electron chi connectivity index (χ3n) is 8.09. The number of nitrogens with zero attached hydrogens (tertiary/aromatic N) is 3. The van der Waals surface area contributed by atoms with Gasteiger partial charge in [0.25, 0.3) is 17.7 Å². The molecule has 1 aliphatic heterocycles. The van der Waals surface area contributed by atoms with Crippen LogP contribution in [0.2, 0.25) is 0 Å². The molecule has 17 heteroatoms. The number of likely N-dealkylation sites (N-methyl/N-ethyl adjacent to an activating group) is 1. The molecule has 1 aromatic heterocycles. The molecular formula is C35H43F2IN6O8. The molecule has 14 nitrogen and oxygen atoms in total. The van der Waals surface area contributed by atoms with Gasteiger partial charge in [0, 0.05) is 24.5 Å². The van der Waals surface area contributed by atoms with Crippen LogP contribution in [-0.4, -0.2) is 124 Å². The number of amides is 4. The van der Waals surface area contributed by atoms with E-state index in [9.17, 15) is 32.8 Å². The lowest BCUT2D eigenvalue weighted by Crippen LogP contribution is -3.00. The van der Waals surface area contributed by atoms with Crippen molar-refractivity contribution in [2.75, 3.05) is 73.5 Å². The van der Waals surface area contributed by atoms with E-state index in [2.05, 4.69) is 20.9 Å². The Hall–Kier alpha value is -4.49. The standard InChI is InChI=1S/C35H42F2N6O8.HI/c1-43(2,3)14-16-51-15-12-29(44)41-25-8-6-7-23-24(11-13-38-31(23)25)33(47)40-20-30(45)42-21-35(36,37)18-26(42)32(46)34(48)39-19-22-9-10-27(49-4)28(17-22)50-5;/h6-11,13,17,26H,12,14-16,18-21H2,1-5H3,(H2-,39,40,41,44,47,48);1H/t26-;/m0./s1. The van der Waals surface area contributed by atoms with Gasteiger partial charge in [-0.15, -0.1) is 0 Å². The van der Waals surface area contributed by atoms with E-state index < -0.39 is 55.0 Å². The van der Waals surface area contributed by atoms with Gasteiger partial charge in [0.15, 0.2) is 11.5 Å². The number of halogens is 3. The minimum absolute atomic E-state index is 0. The third kappa shape index (κ3) is 11.3. The molecule has 3 aromatic rings. The van der Waals surface area contributed by atoms with Gasteiger partial charge in [-0.1, -0.05) is 18.2 Å². The van der Waals surface area contributed by atoms with Crippen LogP contribution in [-0.2, 0) is 30.5 Å². The zero-order valence-corrected chi connectivity index (χ0v) is 31.8. The Bertz CT molecular complexity index is 1790. The number of anilines is 1. The minimum Gasteiger partial charge on any atom is -1.00 e. The number of para-hydroxylation sites is 1. The fourth-order valence-electron chi connectivity index (χ4n) is 5.37. The zero-order valence-electron chi connectivity index (χ0n) is 29.6. The molecule has 4 rings (SSSR count). The Labute approximate surface area is 317 Å². The summed E-state index contributed by atoms with van der Waals surface area (Å²) >= 11 is 0. The Kier molecular flexibility index (Phi) is 14.8. The van der Waals surface area contributed by atoms with Crippen molar-refractivity contribution in [3.8, 4) is 11.5 Å². The number of nitrogens with one attached hydrogen (secondary N) is 3. The maximum atomic E-state index is 14.5. The van der Waals surface area contributed by atoms with Crippen LogP contribution >= 0.6 is 0 Å². The monoisotopic (exact) mass is 840 g/mol. The van der Waals surface area contributed by atoms with E-state index in [4.69, 9.17) is 14.2 Å². The van der Waals surface area contributed by atoms with E-state index in [1.54, 1.807) is 36.4 Å². The van der Waals surface area contributed by atoms with E-state index >= 15 is 0 Å². The summed E-state index contributed by atoms with van der Waals surface area (Å²) < 4.78 is 45.7. The number of alkyl halides is 2. The average molecular weight is 841 g/mol. The van der Waals surface area contributed by atoms with Crippen molar-refractivity contribution in [3.05, 3.63) is 59.8 Å². The molecule has 4 amide bonds. The first-order valence-electron chi connectivity index (χ1n) is 16.2. The van der Waals surface area contributed by atoms with E-state index in [0.717, 1.165) is 11.0 Å². The number of pyridine rings is 1. The molecule has 0 spiro atoms. The molecule has 2 heterocycles. The van der Waals surface area contributed by atoms with Crippen molar-refractivity contribution in [2.45, 2.75) is 31.4 Å². The maximum absolute atomic E-state index is 14.5. The predicted octanol–water partition coefficient (Wildman–Crippen LogP) is -0.841. The normalized spacial score (nSPS) is 15.0. The number of hydrogen-bond acceptors (Lipinski definition) is 9. The van der Waals surface area contributed by atoms with Crippen LogP contribution in [0.4, 0.5) is 14.5 Å². The molecular weight excluding hydrogens is 797 g/mol. The number of benzene rings is 2. The van der Waals surface area contributed by atoms with Crippen molar-refractivity contribution in [1.82, 2.24) is 20.5 Å². The fraction of sp³-hybridized carbons (Fsp3) is 0.429. The highest BCUT2D eigenvalue weighted by molar-refractivity contribution is 6.38. The van der Waals surface area contributed by atoms with Crippen molar-refractivity contribution in [2.24, 2.45) is 0 Å². The van der Waals surface area contributed by atoms with Crippen LogP contribution in [0.1, 0.15) is 28.8 Å². The number of methoxy groups -OCH3 is 2. The molecule has 282 valence electrons. The second kappa shape index (κ2) is 18.3. The first-order valence-corrected chi connectivity index (χ1v) is 16.2. The average Bonchev–Trinajstić information content (AvgIpc) is 3.43. The van der Waals surface area contributed by atoms with Crippen LogP contribution in [0.3, 0.4) is 0 Å². The van der Waals surface area contributed by atoms with Crippen molar-refractivity contribution in [1.29, 1.82) is 0 Å². The molecule has 0 saturated carbocycles. The highest BCUT2D eigenvalue weighted by Crippen LogP contribution is 2.33. The fourth-order valence-corrected chi connectivity index (χ4v) is 5.37. The summed E-state index contributed by atoms with van der Waals surface area (Å²) in [7, 11) is 9.01. The Morgan fingerprint density at radius 1 is 0.981 bits per heavy atom. The zero-order chi connectivity index (χ0) is 37.3. The number of likely N-dealkylation sites (tertiary alicyclic amines) is 1. The predicted molar refractivity (Wildman–Crippen MR) is 183 cm³/mol. The number of carbonyl (C=O) groups is 5. The van der Waals surface area contributed by atoms with E-state index in [1.807, 2.05) is 21.1 Å². The van der Waals surface area contributed by atoms with Crippen LogP contribution in [0.25, 0.3) is 10.9 Å². The summed E-state index contributed by atoms with van der Waals surface area (Å²) in [6.45, 7) is -0.417. The molecule has 0 radical (unpaired) electrons. The van der Waals surface area contributed by atoms with E-state index in [0.29, 0.717) is 45.2 Å². The molecule has 1 atom stereocenters. The Morgan fingerprint density at radius 2 is 1.71 bits per heavy atom. The molecule has 3 N–H and O–H groups in total. The SMILES string of the molecule is COc1ccc(CNC(=O)C(=O)[C@@H]2CC(F)(F)CN2C(=O)CNC(=O)c2ccnc3c(NC(=O)CCOCC[N+](C)(C)C)cccc23)cc1OC.[I-]. The van der Waals surface area contributed by atoms with Gasteiger partial charge >= 0.3 is 0 Å². The van der Waals surface area contributed by atoms with Crippen LogP contribution in [0.15, 0.2) is 48.7 Å². The largest absolute Gasteiger partial charge is 1.00 e. The van der Waals surface area contributed by atoms with Crippen LogP contribution < -0.4 is 49.4 Å². The van der Waals surface area contributed by atoms with Gasteiger partial charge in [-0.3, -0.25) is 29.0 Å². The number of hydrogen-bond donors (Lipinski definition) is 3. The lowest BCUT2D eigenvalue weighted by molar-refractivity contribution is -0.870. The summed E-state index contributed by atoms with van der Waals surface area (Å²) in [6, 6.07) is 9.36. The van der Waals surface area contributed by atoms with Gasteiger partial charge in [0.05, 0.1) is 84.9 Å². The number of aromatic nitrogens is 1. The summed E-state index contributed by atoms with van der Waals surface area (Å²) in [4.78, 5) is 69.6. The molecule has 2 aromatic carbocycles. The number of ether oxygens (including phenoxy) is 3. The first kappa shape index (κ1) is 41.9. The van der Waals surface area contributed by atoms with Gasteiger partial charge < -0.3 is 63.5 Å². The van der Waals surface area contributed by atoms with Gasteiger partial charge in [-0.05, 0) is 29.8 Å². The first-order chi connectivity index (χ1) is 24.1. The lowest BCUT2D eigenvalue weighted by atomic mass is 10.1. The molecule has 1 fully saturated rings. The minimum atomic E-state index is -3.43. The molecule has 0 aliphatic carbocycles. The Balaban J connectivity index is 0.00000729. The van der Waals surface area contributed by atoms with Gasteiger partial charge in [-0.2, -0.15) is 0 Å². The van der Waals surface area contributed by atoms with Crippen LogP contribution in [0, 0.1) is 0 Å². The van der Waals surface area contributed by atoms with Crippen molar-refractivity contribution in [3.63, 3.8) is 0 Å². The quantitative estimate of drug-likeness (QED) is 0.0723. The topological polar surface area (TPSA) is 165 Å². The molecule has 1 saturated heterocycles. The lowest BCUT2D eigenvalue weighted by Gasteiger charge is -2.23. The number of quaternary nitrogens is 1. The smallest absolute Gasteiger partial charge is 0.289 e. The highest BCUT2D eigenvalue weighted by Gasteiger charge is 2.51. The summed E-state index contributed by atoms with van der Waals surface area (Å²) in [5.41, 5.74) is 1.34. The molecule has 0 unspecified atom stereocenters. The van der Waals surface area contributed by atoms with Gasteiger partial charge in [0.2, 0.25) is 17.6 Å². The third-order valence-corrected chi connectivity index (χ3v) is 8.09. The second-order valence-corrected chi connectivity index (χ2v) is 13.0. The number of ketones is 1. The highest BCUT2D eigenvalue weighted by atomic mass is 127. The van der Waals surface area contributed by atoms with Crippen LogP contribution in [0.5, 0.6) is 11.5 Å². The molecule has 0 bridgehead atoms. The number of rotatable bonds is 16. The van der Waals surface area contributed by atoms with Crippen molar-refractivity contribution >= 4 is 46.0 Å². The number of Topliss-reactive ketones (excluding diaryl/α,β-unsaturated/α-hetero) is 1. The van der Waals surface area contributed by atoms with E-state index in [1.165, 1.54) is 26.5 Å². The molecule has 1 aliphatic rings. The van der Waals surface area contributed by atoms with Gasteiger partial charge in [0.1, 0.15) is 12.6 Å². The maximum Gasteiger partial charge on any atom is 0.289 e. The summed E-state index contributed by atoms with van der Waals surface area (Å²) in [6.07, 6.45) is 0.425. The van der Waals surface area contributed by atoms with Gasteiger partial charge in [-0.25, -0.2) is 8.78 Å². The second-order valence-electron chi connectivity index (χ2n) is 13.0. The number of fused-ring (bicyclic) bond motifs is 1. The Morgan fingerprint density at radius 3 is 2.40 bits per heavy atom. The number of carbonyl (C=O) groups excluding carboxylic acids is 5. The van der Waals surface area contributed by atoms with Crippen molar-refractivity contribution < 1.29 is 75.4 Å². The summed E-state index contributed by atoms with van der Waals surface area (Å²) in [5.74, 6) is -6.94.